The Morgan fingerprint density at radius 1 is 1.33 bits per heavy atom. The van der Waals surface area contributed by atoms with Crippen LogP contribution >= 0.6 is 0 Å². The Morgan fingerprint density at radius 2 is 2.12 bits per heavy atom. The molecule has 1 saturated heterocycles. The Hall–Kier alpha value is -2.21. The quantitative estimate of drug-likeness (QED) is 0.810. The normalized spacial score (nSPS) is 18.0. The fraction of sp³-hybridized carbons (Fsp3) is 0.500. The molecule has 0 N–H and O–H groups in total. The first-order chi connectivity index (χ1) is 11.6. The van der Waals surface area contributed by atoms with Crippen LogP contribution in [0.25, 0.3) is 0 Å². The third kappa shape index (κ3) is 4.20. The van der Waals surface area contributed by atoms with Gasteiger partial charge >= 0.3 is 0 Å². The topological polar surface area (TPSA) is 54.3 Å². The molecule has 6 heteroatoms. The number of aryl methyl sites for hydroxylation is 1. The first kappa shape index (κ1) is 16.6. The summed E-state index contributed by atoms with van der Waals surface area (Å²) in [5.74, 6) is 0.168. The van der Waals surface area contributed by atoms with Gasteiger partial charge in [0.2, 0.25) is 5.91 Å². The van der Waals surface area contributed by atoms with Gasteiger partial charge in [0.25, 0.3) is 0 Å². The van der Waals surface area contributed by atoms with Gasteiger partial charge in [-0.3, -0.25) is 14.4 Å². The van der Waals surface area contributed by atoms with Gasteiger partial charge in [0.15, 0.2) is 0 Å². The highest BCUT2D eigenvalue weighted by molar-refractivity contribution is 5.78. The molecule has 1 aliphatic rings. The molecule has 1 fully saturated rings. The number of likely N-dealkylation sites (tertiary alicyclic amines) is 1. The van der Waals surface area contributed by atoms with E-state index in [4.69, 9.17) is 0 Å². The average Bonchev–Trinajstić information content (AvgIpc) is 3.22. The second kappa shape index (κ2) is 7.57. The van der Waals surface area contributed by atoms with Gasteiger partial charge in [-0.25, -0.2) is 4.98 Å². The van der Waals surface area contributed by atoms with Crippen molar-refractivity contribution in [3.05, 3.63) is 48.0 Å². The molecule has 2 aromatic rings. The van der Waals surface area contributed by atoms with Crippen LogP contribution in [0.3, 0.4) is 0 Å². The standard InChI is InChI=1S/C18H25N5O/c1-15-5-7-16(8-6-15)10-21(2)18(24)12-22-9-3-4-17(22)11-23-14-19-13-20-23/h5-8,13-14,17H,3-4,9-12H2,1-2H3. The van der Waals surface area contributed by atoms with Crippen LogP contribution in [0.5, 0.6) is 0 Å². The lowest BCUT2D eigenvalue weighted by molar-refractivity contribution is -0.131. The first-order valence-corrected chi connectivity index (χ1v) is 8.48. The Balaban J connectivity index is 1.53. The van der Waals surface area contributed by atoms with Gasteiger partial charge in [-0.1, -0.05) is 29.8 Å². The number of hydrogen-bond acceptors (Lipinski definition) is 4. The Morgan fingerprint density at radius 3 is 2.83 bits per heavy atom. The molecule has 1 aromatic heterocycles. The summed E-state index contributed by atoms with van der Waals surface area (Å²) in [6.45, 7) is 4.97. The van der Waals surface area contributed by atoms with Gasteiger partial charge in [-0.15, -0.1) is 0 Å². The molecule has 1 aromatic carbocycles. The summed E-state index contributed by atoms with van der Waals surface area (Å²) in [4.78, 5) is 20.6. The number of rotatable bonds is 6. The van der Waals surface area contributed by atoms with E-state index in [2.05, 4.69) is 46.2 Å². The van der Waals surface area contributed by atoms with Crippen LogP contribution in [0.2, 0.25) is 0 Å². The van der Waals surface area contributed by atoms with Crippen molar-refractivity contribution in [1.29, 1.82) is 0 Å². The third-order valence-corrected chi connectivity index (χ3v) is 4.67. The molecule has 2 heterocycles. The molecule has 3 rings (SSSR count). The first-order valence-electron chi connectivity index (χ1n) is 8.48. The van der Waals surface area contributed by atoms with Crippen LogP contribution < -0.4 is 0 Å². The molecule has 6 nitrogen and oxygen atoms in total. The van der Waals surface area contributed by atoms with Crippen LogP contribution in [-0.4, -0.2) is 56.7 Å². The second-order valence-corrected chi connectivity index (χ2v) is 6.62. The van der Waals surface area contributed by atoms with E-state index in [1.165, 1.54) is 5.56 Å². The van der Waals surface area contributed by atoms with Gasteiger partial charge < -0.3 is 4.90 Å². The second-order valence-electron chi connectivity index (χ2n) is 6.62. The SMILES string of the molecule is Cc1ccc(CN(C)C(=O)CN2CCCC2Cn2cncn2)cc1. The molecule has 0 aliphatic carbocycles. The zero-order valence-corrected chi connectivity index (χ0v) is 14.4. The van der Waals surface area contributed by atoms with Crippen molar-refractivity contribution >= 4 is 5.91 Å². The predicted molar refractivity (Wildman–Crippen MR) is 92.3 cm³/mol. The summed E-state index contributed by atoms with van der Waals surface area (Å²) >= 11 is 0. The van der Waals surface area contributed by atoms with E-state index in [0.29, 0.717) is 19.1 Å². The van der Waals surface area contributed by atoms with E-state index in [0.717, 1.165) is 31.5 Å². The molecule has 0 radical (unpaired) electrons. The molecule has 0 bridgehead atoms. The number of hydrogen-bond donors (Lipinski definition) is 0. The molecule has 1 amide bonds. The summed E-state index contributed by atoms with van der Waals surface area (Å²) in [5, 5.41) is 4.17. The average molecular weight is 327 g/mol. The minimum absolute atomic E-state index is 0.168. The maximum absolute atomic E-state index is 12.6. The van der Waals surface area contributed by atoms with E-state index in [9.17, 15) is 4.79 Å². The van der Waals surface area contributed by atoms with Crippen molar-refractivity contribution in [3.8, 4) is 0 Å². The number of aromatic nitrogens is 3. The number of amides is 1. The number of carbonyl (C=O) groups is 1. The number of carbonyl (C=O) groups excluding carboxylic acids is 1. The van der Waals surface area contributed by atoms with Crippen molar-refractivity contribution in [3.63, 3.8) is 0 Å². The Kier molecular flexibility index (Phi) is 5.25. The van der Waals surface area contributed by atoms with Crippen molar-refractivity contribution in [2.45, 2.75) is 38.9 Å². The van der Waals surface area contributed by atoms with Gasteiger partial charge in [-0.05, 0) is 31.9 Å². The van der Waals surface area contributed by atoms with E-state index >= 15 is 0 Å². The molecular weight excluding hydrogens is 302 g/mol. The Labute approximate surface area is 143 Å². The van der Waals surface area contributed by atoms with Crippen molar-refractivity contribution in [1.82, 2.24) is 24.6 Å². The maximum atomic E-state index is 12.6. The van der Waals surface area contributed by atoms with E-state index < -0.39 is 0 Å². The van der Waals surface area contributed by atoms with Crippen LogP contribution in [-0.2, 0) is 17.9 Å². The number of benzene rings is 1. The van der Waals surface area contributed by atoms with Crippen LogP contribution in [0.4, 0.5) is 0 Å². The zero-order chi connectivity index (χ0) is 16.9. The van der Waals surface area contributed by atoms with Crippen LogP contribution in [0.15, 0.2) is 36.9 Å². The summed E-state index contributed by atoms with van der Waals surface area (Å²) < 4.78 is 1.85. The minimum Gasteiger partial charge on any atom is -0.340 e. The predicted octanol–water partition coefficient (Wildman–Crippen LogP) is 1.71. The molecular formula is C18H25N5O. The van der Waals surface area contributed by atoms with Gasteiger partial charge in [0.1, 0.15) is 12.7 Å². The molecule has 1 unspecified atom stereocenters. The van der Waals surface area contributed by atoms with Gasteiger partial charge in [-0.2, -0.15) is 5.10 Å². The highest BCUT2D eigenvalue weighted by Gasteiger charge is 2.27. The summed E-state index contributed by atoms with van der Waals surface area (Å²) in [6, 6.07) is 8.71. The lowest BCUT2D eigenvalue weighted by Crippen LogP contribution is -2.41. The molecule has 128 valence electrons. The number of nitrogens with zero attached hydrogens (tertiary/aromatic N) is 5. The largest absolute Gasteiger partial charge is 0.340 e. The lowest BCUT2D eigenvalue weighted by atomic mass is 10.1. The van der Waals surface area contributed by atoms with E-state index in [1.807, 2.05) is 16.6 Å². The van der Waals surface area contributed by atoms with Crippen molar-refractivity contribution in [2.24, 2.45) is 0 Å². The smallest absolute Gasteiger partial charge is 0.236 e. The zero-order valence-electron chi connectivity index (χ0n) is 14.4. The highest BCUT2D eigenvalue weighted by Crippen LogP contribution is 2.18. The molecule has 1 aliphatic heterocycles. The Bertz CT molecular complexity index is 653. The summed E-state index contributed by atoms with van der Waals surface area (Å²) in [5.41, 5.74) is 2.40. The lowest BCUT2D eigenvalue weighted by Gasteiger charge is -2.26. The molecule has 24 heavy (non-hydrogen) atoms. The molecule has 1 atom stereocenters. The molecule has 0 saturated carbocycles. The van der Waals surface area contributed by atoms with Crippen molar-refractivity contribution < 1.29 is 4.79 Å². The minimum atomic E-state index is 0.168. The summed E-state index contributed by atoms with van der Waals surface area (Å²) in [7, 11) is 1.88. The number of likely N-dealkylation sites (N-methyl/N-ethyl adjacent to an activating group) is 1. The highest BCUT2D eigenvalue weighted by atomic mass is 16.2. The van der Waals surface area contributed by atoms with E-state index in [-0.39, 0.29) is 5.91 Å². The van der Waals surface area contributed by atoms with Gasteiger partial charge in [0.05, 0.1) is 13.1 Å². The van der Waals surface area contributed by atoms with Gasteiger partial charge in [0, 0.05) is 19.6 Å². The third-order valence-electron chi connectivity index (χ3n) is 4.67. The monoisotopic (exact) mass is 327 g/mol. The fourth-order valence-electron chi connectivity index (χ4n) is 3.20. The van der Waals surface area contributed by atoms with E-state index in [1.54, 1.807) is 12.7 Å². The van der Waals surface area contributed by atoms with Crippen LogP contribution in [0.1, 0.15) is 24.0 Å². The van der Waals surface area contributed by atoms with Crippen molar-refractivity contribution in [2.75, 3.05) is 20.1 Å². The summed E-state index contributed by atoms with van der Waals surface area (Å²) in [6.07, 6.45) is 5.53. The van der Waals surface area contributed by atoms with Crippen LogP contribution in [0, 0.1) is 6.92 Å². The fourth-order valence-corrected chi connectivity index (χ4v) is 3.20. The maximum Gasteiger partial charge on any atom is 0.236 e. The molecule has 0 spiro atoms.